The van der Waals surface area contributed by atoms with E-state index in [0.29, 0.717) is 6.54 Å². The largest absolute Gasteiger partial charge is 0.497 e. The van der Waals surface area contributed by atoms with E-state index in [-0.39, 0.29) is 49.6 Å². The molecule has 1 aromatic rings. The fourth-order valence-electron chi connectivity index (χ4n) is 3.90. The Kier molecular flexibility index (Phi) is 7.03. The van der Waals surface area contributed by atoms with Gasteiger partial charge in [0.25, 0.3) is 0 Å². The molecule has 0 radical (unpaired) electrons. The number of nitrogens with one attached hydrogen (secondary N) is 1. The van der Waals surface area contributed by atoms with Crippen molar-refractivity contribution in [2.45, 2.75) is 44.6 Å². The number of piperidine rings is 1. The maximum atomic E-state index is 12.3. The van der Waals surface area contributed by atoms with E-state index >= 15 is 0 Å². The number of likely N-dealkylation sites (tertiary alicyclic amines) is 2. The van der Waals surface area contributed by atoms with Gasteiger partial charge in [0, 0.05) is 32.4 Å². The molecule has 2 aliphatic rings. The van der Waals surface area contributed by atoms with Gasteiger partial charge in [-0.1, -0.05) is 18.6 Å². The quantitative estimate of drug-likeness (QED) is 0.689. The Morgan fingerprint density at radius 2 is 1.71 bits per heavy atom. The molecule has 2 saturated heterocycles. The molecular weight excluding hydrogens is 358 g/mol. The Morgan fingerprint density at radius 3 is 2.32 bits per heavy atom. The highest BCUT2D eigenvalue weighted by Gasteiger charge is 2.29. The summed E-state index contributed by atoms with van der Waals surface area (Å²) in [4.78, 5) is 39.3. The van der Waals surface area contributed by atoms with Crippen LogP contribution in [0.4, 0.5) is 0 Å². The maximum absolute atomic E-state index is 12.3. The zero-order chi connectivity index (χ0) is 19.9. The van der Waals surface area contributed by atoms with Crippen molar-refractivity contribution >= 4 is 17.7 Å². The minimum atomic E-state index is -0.178. The molecule has 152 valence electrons. The third-order valence-corrected chi connectivity index (χ3v) is 5.54. The van der Waals surface area contributed by atoms with Gasteiger partial charge in [-0.3, -0.25) is 24.2 Å². The summed E-state index contributed by atoms with van der Waals surface area (Å²) >= 11 is 0. The van der Waals surface area contributed by atoms with Crippen LogP contribution in [0.1, 0.15) is 50.1 Å². The summed E-state index contributed by atoms with van der Waals surface area (Å²) in [6.07, 6.45) is 4.24. The highest BCUT2D eigenvalue weighted by Crippen LogP contribution is 2.26. The van der Waals surface area contributed by atoms with Crippen LogP contribution in [0, 0.1) is 0 Å². The number of hydrogen-bond acceptors (Lipinski definition) is 5. The smallest absolute Gasteiger partial charge is 0.229 e. The second-order valence-electron chi connectivity index (χ2n) is 7.38. The molecule has 0 unspecified atom stereocenters. The lowest BCUT2D eigenvalue weighted by atomic mass is 10.0. The predicted octanol–water partition coefficient (Wildman–Crippen LogP) is 1.88. The Bertz CT molecular complexity index is 682. The lowest BCUT2D eigenvalue weighted by molar-refractivity contribution is -0.138. The Morgan fingerprint density at radius 1 is 1.07 bits per heavy atom. The molecule has 2 aliphatic heterocycles. The minimum absolute atomic E-state index is 0.102. The van der Waals surface area contributed by atoms with Crippen LogP contribution in [-0.4, -0.2) is 60.8 Å². The third kappa shape index (κ3) is 5.10. The van der Waals surface area contributed by atoms with Crippen molar-refractivity contribution in [1.82, 2.24) is 15.1 Å². The standard InChI is InChI=1S/C21H29N3O4/c1-28-17-7-5-16(6-8-17)18(23-12-3-2-4-13-23)15-22-19(25)11-14-24-20(26)9-10-21(24)27/h5-8,18H,2-4,9-15H2,1H3,(H,22,25)/t18-/m0/s1. The minimum Gasteiger partial charge on any atom is -0.497 e. The van der Waals surface area contributed by atoms with E-state index in [9.17, 15) is 14.4 Å². The number of hydrogen-bond donors (Lipinski definition) is 1. The van der Waals surface area contributed by atoms with Gasteiger partial charge in [-0.2, -0.15) is 0 Å². The van der Waals surface area contributed by atoms with Gasteiger partial charge in [0.15, 0.2) is 0 Å². The van der Waals surface area contributed by atoms with Crippen molar-refractivity contribution in [3.8, 4) is 5.75 Å². The van der Waals surface area contributed by atoms with Crippen molar-refractivity contribution < 1.29 is 19.1 Å². The fraction of sp³-hybridized carbons (Fsp3) is 0.571. The molecule has 7 nitrogen and oxygen atoms in total. The van der Waals surface area contributed by atoms with Gasteiger partial charge in [-0.25, -0.2) is 0 Å². The zero-order valence-electron chi connectivity index (χ0n) is 16.5. The van der Waals surface area contributed by atoms with E-state index in [4.69, 9.17) is 4.74 Å². The number of nitrogens with zero attached hydrogens (tertiary/aromatic N) is 2. The lowest BCUT2D eigenvalue weighted by Gasteiger charge is -2.35. The molecule has 0 aliphatic carbocycles. The van der Waals surface area contributed by atoms with Crippen LogP contribution in [0.5, 0.6) is 5.75 Å². The summed E-state index contributed by atoms with van der Waals surface area (Å²) < 4.78 is 5.25. The average Bonchev–Trinajstić information content (AvgIpc) is 3.05. The van der Waals surface area contributed by atoms with E-state index in [0.717, 1.165) is 24.4 Å². The molecule has 0 bridgehead atoms. The van der Waals surface area contributed by atoms with Crippen molar-refractivity contribution in [2.75, 3.05) is 33.3 Å². The first-order chi connectivity index (χ1) is 13.6. The van der Waals surface area contributed by atoms with Crippen LogP contribution in [-0.2, 0) is 14.4 Å². The highest BCUT2D eigenvalue weighted by atomic mass is 16.5. The van der Waals surface area contributed by atoms with Gasteiger partial charge in [-0.15, -0.1) is 0 Å². The lowest BCUT2D eigenvalue weighted by Crippen LogP contribution is -2.41. The van der Waals surface area contributed by atoms with Gasteiger partial charge in [-0.05, 0) is 43.6 Å². The second-order valence-corrected chi connectivity index (χ2v) is 7.38. The Labute approximate surface area is 166 Å². The van der Waals surface area contributed by atoms with Gasteiger partial charge >= 0.3 is 0 Å². The molecule has 0 aromatic heterocycles. The van der Waals surface area contributed by atoms with Crippen LogP contribution < -0.4 is 10.1 Å². The molecule has 0 spiro atoms. The first-order valence-electron chi connectivity index (χ1n) is 10.1. The maximum Gasteiger partial charge on any atom is 0.229 e. The van der Waals surface area contributed by atoms with E-state index in [1.165, 1.54) is 24.2 Å². The van der Waals surface area contributed by atoms with Crippen LogP contribution in [0.15, 0.2) is 24.3 Å². The molecule has 1 N–H and O–H groups in total. The molecule has 7 heteroatoms. The molecule has 3 rings (SSSR count). The monoisotopic (exact) mass is 387 g/mol. The number of benzene rings is 1. The number of imide groups is 1. The van der Waals surface area contributed by atoms with Crippen molar-refractivity contribution in [3.63, 3.8) is 0 Å². The SMILES string of the molecule is COc1ccc([C@H](CNC(=O)CCN2C(=O)CCC2=O)N2CCCCC2)cc1. The van der Waals surface area contributed by atoms with Gasteiger partial charge in [0.05, 0.1) is 13.2 Å². The van der Waals surface area contributed by atoms with Crippen LogP contribution in [0.25, 0.3) is 0 Å². The summed E-state index contributed by atoms with van der Waals surface area (Å²) in [6.45, 7) is 2.71. The first-order valence-corrected chi connectivity index (χ1v) is 10.1. The first kappa shape index (κ1) is 20.3. The Balaban J connectivity index is 1.58. The predicted molar refractivity (Wildman–Crippen MR) is 105 cm³/mol. The molecule has 1 aromatic carbocycles. The Hall–Kier alpha value is -2.41. The number of carbonyl (C=O) groups excluding carboxylic acids is 3. The number of ether oxygens (including phenoxy) is 1. The average molecular weight is 387 g/mol. The second kappa shape index (κ2) is 9.68. The zero-order valence-corrected chi connectivity index (χ0v) is 16.5. The van der Waals surface area contributed by atoms with Gasteiger partial charge in [0.2, 0.25) is 17.7 Å². The van der Waals surface area contributed by atoms with E-state index in [1.54, 1.807) is 7.11 Å². The topological polar surface area (TPSA) is 79.0 Å². The van der Waals surface area contributed by atoms with Gasteiger partial charge < -0.3 is 10.1 Å². The summed E-state index contributed by atoms with van der Waals surface area (Å²) in [5, 5.41) is 3.00. The highest BCUT2D eigenvalue weighted by molar-refractivity contribution is 6.02. The molecule has 1 atom stereocenters. The molecular formula is C21H29N3O4. The summed E-state index contributed by atoms with van der Waals surface area (Å²) in [5.41, 5.74) is 1.15. The van der Waals surface area contributed by atoms with Crippen molar-refractivity contribution in [2.24, 2.45) is 0 Å². The number of rotatable bonds is 8. The van der Waals surface area contributed by atoms with Crippen LogP contribution in [0.3, 0.4) is 0 Å². The number of carbonyl (C=O) groups is 3. The van der Waals surface area contributed by atoms with E-state index in [2.05, 4.69) is 10.2 Å². The van der Waals surface area contributed by atoms with Crippen LogP contribution >= 0.6 is 0 Å². The molecule has 3 amide bonds. The van der Waals surface area contributed by atoms with Crippen molar-refractivity contribution in [1.29, 1.82) is 0 Å². The van der Waals surface area contributed by atoms with Crippen LogP contribution in [0.2, 0.25) is 0 Å². The van der Waals surface area contributed by atoms with Gasteiger partial charge in [0.1, 0.15) is 5.75 Å². The molecule has 2 fully saturated rings. The molecule has 28 heavy (non-hydrogen) atoms. The summed E-state index contributed by atoms with van der Waals surface area (Å²) in [5.74, 6) is 0.317. The van der Waals surface area contributed by atoms with Crippen molar-refractivity contribution in [3.05, 3.63) is 29.8 Å². The molecule has 2 heterocycles. The summed E-state index contributed by atoms with van der Waals surface area (Å²) in [6, 6.07) is 8.08. The number of methoxy groups -OCH3 is 1. The summed E-state index contributed by atoms with van der Waals surface area (Å²) in [7, 11) is 1.65. The fourth-order valence-corrected chi connectivity index (χ4v) is 3.90. The third-order valence-electron chi connectivity index (χ3n) is 5.54. The molecule has 0 saturated carbocycles. The number of amides is 3. The van der Waals surface area contributed by atoms with E-state index in [1.807, 2.05) is 24.3 Å². The van der Waals surface area contributed by atoms with E-state index < -0.39 is 0 Å². The normalized spacial score (nSPS) is 19.0.